The number of nitrogens with zero attached hydrogens (tertiary/aromatic N) is 1. The molecule has 1 fully saturated rings. The summed E-state index contributed by atoms with van der Waals surface area (Å²) in [7, 11) is 0. The van der Waals surface area contributed by atoms with Crippen LogP contribution >= 0.6 is 0 Å². The zero-order valence-corrected chi connectivity index (χ0v) is 12.8. The summed E-state index contributed by atoms with van der Waals surface area (Å²) in [6.07, 6.45) is 6.34. The highest BCUT2D eigenvalue weighted by molar-refractivity contribution is 5.78. The molecule has 1 amide bonds. The zero-order chi connectivity index (χ0) is 14.6. The summed E-state index contributed by atoms with van der Waals surface area (Å²) in [4.78, 5) is 14.5. The number of rotatable bonds is 5. The molecule has 0 saturated heterocycles. The van der Waals surface area contributed by atoms with Gasteiger partial charge in [-0.25, -0.2) is 0 Å². The number of amides is 1. The van der Waals surface area contributed by atoms with Gasteiger partial charge in [0.15, 0.2) is 0 Å². The molecule has 0 unspecified atom stereocenters. The Hall–Kier alpha value is -1.29. The summed E-state index contributed by atoms with van der Waals surface area (Å²) in [5.74, 6) is 1.03. The number of hydrogen-bond acceptors (Lipinski definition) is 3. The second-order valence-electron chi connectivity index (χ2n) is 6.64. The Balaban J connectivity index is 1.99. The molecule has 0 spiro atoms. The van der Waals surface area contributed by atoms with Crippen LogP contribution in [-0.4, -0.2) is 28.9 Å². The van der Waals surface area contributed by atoms with Crippen molar-refractivity contribution in [2.75, 3.05) is 6.54 Å². The van der Waals surface area contributed by atoms with Crippen LogP contribution in [-0.2, 0) is 11.3 Å². The van der Waals surface area contributed by atoms with Crippen LogP contribution in [0.25, 0.3) is 0 Å². The second kappa shape index (κ2) is 6.44. The Morgan fingerprint density at radius 2 is 2.10 bits per heavy atom. The first-order valence-corrected chi connectivity index (χ1v) is 7.52. The van der Waals surface area contributed by atoms with Gasteiger partial charge in [0.05, 0.1) is 19.4 Å². The zero-order valence-electron chi connectivity index (χ0n) is 12.8. The summed E-state index contributed by atoms with van der Waals surface area (Å²) in [6.45, 7) is 7.20. The molecule has 4 nitrogen and oxygen atoms in total. The van der Waals surface area contributed by atoms with Gasteiger partial charge >= 0.3 is 0 Å². The minimum absolute atomic E-state index is 0.0400. The molecule has 0 aromatic carbocycles. The predicted molar refractivity (Wildman–Crippen MR) is 79.3 cm³/mol. The third-order valence-corrected chi connectivity index (χ3v) is 3.76. The summed E-state index contributed by atoms with van der Waals surface area (Å²) < 4.78 is 5.40. The van der Waals surface area contributed by atoms with E-state index in [1.165, 1.54) is 12.8 Å². The summed E-state index contributed by atoms with van der Waals surface area (Å²) in [6, 6.07) is 4.18. The Morgan fingerprint density at radius 3 is 2.65 bits per heavy atom. The van der Waals surface area contributed by atoms with Gasteiger partial charge in [-0.3, -0.25) is 4.79 Å². The van der Waals surface area contributed by atoms with Gasteiger partial charge in [0.25, 0.3) is 0 Å². The number of hydrogen-bond donors (Lipinski definition) is 1. The van der Waals surface area contributed by atoms with Crippen molar-refractivity contribution in [1.82, 2.24) is 10.2 Å². The van der Waals surface area contributed by atoms with Gasteiger partial charge < -0.3 is 14.6 Å². The highest BCUT2D eigenvalue weighted by Crippen LogP contribution is 2.25. The fourth-order valence-electron chi connectivity index (χ4n) is 2.65. The average molecular weight is 278 g/mol. The molecule has 1 N–H and O–H groups in total. The lowest BCUT2D eigenvalue weighted by Crippen LogP contribution is -2.47. The summed E-state index contributed by atoms with van der Waals surface area (Å²) >= 11 is 0. The van der Waals surface area contributed by atoms with E-state index in [9.17, 15) is 4.79 Å². The van der Waals surface area contributed by atoms with E-state index < -0.39 is 0 Å². The molecule has 112 valence electrons. The molecule has 0 radical (unpaired) electrons. The van der Waals surface area contributed by atoms with Crippen LogP contribution in [0.4, 0.5) is 0 Å². The van der Waals surface area contributed by atoms with Gasteiger partial charge in [-0.1, -0.05) is 12.8 Å². The lowest BCUT2D eigenvalue weighted by atomic mass is 10.1. The van der Waals surface area contributed by atoms with E-state index in [1.807, 2.05) is 17.0 Å². The van der Waals surface area contributed by atoms with Crippen molar-refractivity contribution >= 4 is 5.91 Å². The normalized spacial score (nSPS) is 16.6. The lowest BCUT2D eigenvalue weighted by molar-refractivity contribution is -0.133. The maximum Gasteiger partial charge on any atom is 0.237 e. The van der Waals surface area contributed by atoms with Crippen molar-refractivity contribution in [3.8, 4) is 0 Å². The summed E-state index contributed by atoms with van der Waals surface area (Å²) in [5.41, 5.74) is -0.0400. The number of carbonyl (C=O) groups is 1. The minimum Gasteiger partial charge on any atom is -0.467 e. The fourth-order valence-corrected chi connectivity index (χ4v) is 2.65. The van der Waals surface area contributed by atoms with Gasteiger partial charge in [-0.2, -0.15) is 0 Å². The third-order valence-electron chi connectivity index (χ3n) is 3.76. The first-order valence-electron chi connectivity index (χ1n) is 7.52. The molecule has 1 aliphatic carbocycles. The first kappa shape index (κ1) is 15.1. The maximum atomic E-state index is 12.5. The average Bonchev–Trinajstić information content (AvgIpc) is 3.04. The van der Waals surface area contributed by atoms with Crippen LogP contribution in [0.2, 0.25) is 0 Å². The second-order valence-corrected chi connectivity index (χ2v) is 6.64. The molecule has 0 atom stereocenters. The molecule has 1 aromatic rings. The van der Waals surface area contributed by atoms with E-state index in [0.29, 0.717) is 19.1 Å². The molecular weight excluding hydrogens is 252 g/mol. The topological polar surface area (TPSA) is 45.5 Å². The van der Waals surface area contributed by atoms with Crippen molar-refractivity contribution in [3.63, 3.8) is 0 Å². The molecule has 0 bridgehead atoms. The summed E-state index contributed by atoms with van der Waals surface area (Å²) in [5, 5.41) is 3.28. The number of nitrogens with one attached hydrogen (secondary N) is 1. The smallest absolute Gasteiger partial charge is 0.237 e. The molecule has 2 rings (SSSR count). The largest absolute Gasteiger partial charge is 0.467 e. The Bertz CT molecular complexity index is 414. The molecule has 1 heterocycles. The first-order chi connectivity index (χ1) is 9.46. The van der Waals surface area contributed by atoms with Gasteiger partial charge in [0.1, 0.15) is 5.76 Å². The quantitative estimate of drug-likeness (QED) is 0.900. The van der Waals surface area contributed by atoms with Gasteiger partial charge in [-0.15, -0.1) is 0 Å². The highest BCUT2D eigenvalue weighted by atomic mass is 16.3. The van der Waals surface area contributed by atoms with Gasteiger partial charge in [0, 0.05) is 11.6 Å². The molecule has 1 aromatic heterocycles. The van der Waals surface area contributed by atoms with Gasteiger partial charge in [0.2, 0.25) is 5.91 Å². The van der Waals surface area contributed by atoms with Crippen molar-refractivity contribution < 1.29 is 9.21 Å². The fraction of sp³-hybridized carbons (Fsp3) is 0.688. The Labute approximate surface area is 121 Å². The van der Waals surface area contributed by atoms with E-state index in [1.54, 1.807) is 6.26 Å². The van der Waals surface area contributed by atoms with Crippen LogP contribution < -0.4 is 5.32 Å². The highest BCUT2D eigenvalue weighted by Gasteiger charge is 2.27. The Kier molecular flexibility index (Phi) is 4.86. The SMILES string of the molecule is CC(C)(C)NCC(=O)N(Cc1ccco1)C1CCCC1. The lowest BCUT2D eigenvalue weighted by Gasteiger charge is -2.30. The van der Waals surface area contributed by atoms with Gasteiger partial charge in [-0.05, 0) is 45.7 Å². The van der Waals surface area contributed by atoms with Crippen LogP contribution in [0.1, 0.15) is 52.2 Å². The van der Waals surface area contributed by atoms with E-state index in [0.717, 1.165) is 18.6 Å². The molecule has 1 aliphatic rings. The van der Waals surface area contributed by atoms with Crippen molar-refractivity contribution in [3.05, 3.63) is 24.2 Å². The van der Waals surface area contributed by atoms with E-state index in [-0.39, 0.29) is 11.4 Å². The third kappa shape index (κ3) is 4.37. The maximum absolute atomic E-state index is 12.5. The molecule has 20 heavy (non-hydrogen) atoms. The molecule has 1 saturated carbocycles. The monoisotopic (exact) mass is 278 g/mol. The van der Waals surface area contributed by atoms with Crippen LogP contribution in [0.5, 0.6) is 0 Å². The van der Waals surface area contributed by atoms with E-state index in [4.69, 9.17) is 4.42 Å². The number of carbonyl (C=O) groups excluding carboxylic acids is 1. The number of furan rings is 1. The Morgan fingerprint density at radius 1 is 1.40 bits per heavy atom. The molecule has 4 heteroatoms. The molecule has 0 aliphatic heterocycles. The van der Waals surface area contributed by atoms with E-state index >= 15 is 0 Å². The van der Waals surface area contributed by atoms with Crippen LogP contribution in [0.15, 0.2) is 22.8 Å². The van der Waals surface area contributed by atoms with Crippen molar-refractivity contribution in [2.45, 2.75) is 64.6 Å². The van der Waals surface area contributed by atoms with E-state index in [2.05, 4.69) is 26.1 Å². The van der Waals surface area contributed by atoms with Crippen LogP contribution in [0, 0.1) is 0 Å². The van der Waals surface area contributed by atoms with Crippen molar-refractivity contribution in [2.24, 2.45) is 0 Å². The standard InChI is InChI=1S/C16H26N2O2/c1-16(2,3)17-11-15(19)18(13-7-4-5-8-13)12-14-9-6-10-20-14/h6,9-10,13,17H,4-5,7-8,11-12H2,1-3H3. The minimum atomic E-state index is -0.0400. The molecular formula is C16H26N2O2. The predicted octanol–water partition coefficient (Wildman–Crippen LogP) is 2.94. The van der Waals surface area contributed by atoms with Crippen LogP contribution in [0.3, 0.4) is 0 Å². The van der Waals surface area contributed by atoms with Crippen molar-refractivity contribution in [1.29, 1.82) is 0 Å².